The van der Waals surface area contributed by atoms with Crippen molar-refractivity contribution in [1.29, 1.82) is 0 Å². The van der Waals surface area contributed by atoms with Gasteiger partial charge in [-0.3, -0.25) is 10.1 Å². The van der Waals surface area contributed by atoms with Gasteiger partial charge in [0, 0.05) is 5.75 Å². The normalized spacial score (nSPS) is 11.7. The third-order valence-electron chi connectivity index (χ3n) is 4.07. The quantitative estimate of drug-likeness (QED) is 0.337. The van der Waals surface area contributed by atoms with Crippen molar-refractivity contribution in [2.75, 3.05) is 5.32 Å². The Morgan fingerprint density at radius 2 is 1.80 bits per heavy atom. The molecule has 0 radical (unpaired) electrons. The predicted octanol–water partition coefficient (Wildman–Crippen LogP) is 4.84. The summed E-state index contributed by atoms with van der Waals surface area (Å²) in [5, 5.41) is 10.7. The van der Waals surface area contributed by atoms with Gasteiger partial charge in [0.05, 0.1) is 11.0 Å². The molecule has 4 aromatic rings. The number of imidazole rings is 1. The highest BCUT2D eigenvalue weighted by Crippen LogP contribution is 2.32. The number of nitrogens with zero attached hydrogens (tertiary/aromatic N) is 4. The van der Waals surface area contributed by atoms with Gasteiger partial charge in [-0.05, 0) is 17.7 Å². The number of anilines is 1. The number of thioether (sulfide) groups is 1. The first-order valence-corrected chi connectivity index (χ1v) is 10.5. The van der Waals surface area contributed by atoms with E-state index >= 15 is 0 Å². The monoisotopic (exact) mass is 449 g/mol. The maximum atomic E-state index is 13.4. The second-order valence-electron chi connectivity index (χ2n) is 6.20. The van der Waals surface area contributed by atoms with Gasteiger partial charge in [0.1, 0.15) is 6.54 Å². The summed E-state index contributed by atoms with van der Waals surface area (Å²) in [5.74, 6) is -1.06. The molecule has 1 N–H and O–H groups in total. The van der Waals surface area contributed by atoms with Crippen molar-refractivity contribution in [3.05, 3.63) is 66.0 Å². The number of carbonyl (C=O) groups excluding carboxylic acids is 1. The third-order valence-corrected chi connectivity index (χ3v) is 6.11. The van der Waals surface area contributed by atoms with E-state index in [0.29, 0.717) is 10.1 Å². The van der Waals surface area contributed by atoms with Gasteiger partial charge in [-0.15, -0.1) is 10.2 Å². The molecule has 0 atom stereocenters. The summed E-state index contributed by atoms with van der Waals surface area (Å²) in [6.07, 6.45) is -4.68. The molecule has 0 saturated carbocycles. The molecule has 0 aliphatic carbocycles. The van der Waals surface area contributed by atoms with Gasteiger partial charge in [0.15, 0.2) is 4.34 Å². The number of hydrogen-bond acceptors (Lipinski definition) is 6. The van der Waals surface area contributed by atoms with Crippen molar-refractivity contribution in [2.45, 2.75) is 22.8 Å². The average molecular weight is 449 g/mol. The largest absolute Gasteiger partial charge is 0.449 e. The summed E-state index contributed by atoms with van der Waals surface area (Å²) in [6.45, 7) is -0.540. The topological polar surface area (TPSA) is 72.7 Å². The lowest BCUT2D eigenvalue weighted by atomic mass is 10.2. The number of amides is 1. The summed E-state index contributed by atoms with van der Waals surface area (Å²) in [6, 6.07) is 16.0. The van der Waals surface area contributed by atoms with Crippen LogP contribution in [-0.4, -0.2) is 25.7 Å². The zero-order chi connectivity index (χ0) is 21.1. The van der Waals surface area contributed by atoms with Crippen LogP contribution >= 0.6 is 23.1 Å². The summed E-state index contributed by atoms with van der Waals surface area (Å²) in [7, 11) is 0. The minimum atomic E-state index is -4.68. The zero-order valence-corrected chi connectivity index (χ0v) is 16.9. The van der Waals surface area contributed by atoms with Crippen molar-refractivity contribution in [2.24, 2.45) is 0 Å². The van der Waals surface area contributed by atoms with E-state index < -0.39 is 24.5 Å². The van der Waals surface area contributed by atoms with E-state index in [1.165, 1.54) is 35.2 Å². The first kappa shape index (κ1) is 20.4. The Kier molecular flexibility index (Phi) is 5.73. The molecular weight excluding hydrogens is 435 g/mol. The molecule has 0 unspecified atom stereocenters. The van der Waals surface area contributed by atoms with Gasteiger partial charge in [0.2, 0.25) is 16.9 Å². The van der Waals surface area contributed by atoms with Crippen LogP contribution in [-0.2, 0) is 23.3 Å². The average Bonchev–Trinajstić information content (AvgIpc) is 3.32. The molecule has 6 nitrogen and oxygen atoms in total. The Morgan fingerprint density at radius 3 is 2.57 bits per heavy atom. The SMILES string of the molecule is O=C(Cn1c(C(F)(F)F)nc2ccccc21)Nc1nnc(SCc2ccccc2)s1. The molecule has 154 valence electrons. The van der Waals surface area contributed by atoms with Gasteiger partial charge in [-0.2, -0.15) is 13.2 Å². The molecule has 1 amide bonds. The van der Waals surface area contributed by atoms with Crippen molar-refractivity contribution in [3.8, 4) is 0 Å². The fourth-order valence-electron chi connectivity index (χ4n) is 2.79. The molecule has 30 heavy (non-hydrogen) atoms. The van der Waals surface area contributed by atoms with Crippen molar-refractivity contribution < 1.29 is 18.0 Å². The number of nitrogens with one attached hydrogen (secondary N) is 1. The molecular formula is C19H14F3N5OS2. The maximum absolute atomic E-state index is 13.4. The zero-order valence-electron chi connectivity index (χ0n) is 15.3. The molecule has 2 aromatic heterocycles. The van der Waals surface area contributed by atoms with Crippen LogP contribution in [0.1, 0.15) is 11.4 Å². The Bertz CT molecular complexity index is 1170. The number of para-hydroxylation sites is 2. The van der Waals surface area contributed by atoms with Crippen LogP contribution < -0.4 is 5.32 Å². The molecule has 2 aromatic carbocycles. The Labute approximate surface area is 177 Å². The summed E-state index contributed by atoms with van der Waals surface area (Å²) >= 11 is 2.63. The van der Waals surface area contributed by atoms with Crippen molar-refractivity contribution in [3.63, 3.8) is 0 Å². The number of carbonyl (C=O) groups is 1. The molecule has 0 aliphatic rings. The van der Waals surface area contributed by atoms with Gasteiger partial charge in [0.25, 0.3) is 0 Å². The molecule has 0 aliphatic heterocycles. The highest BCUT2D eigenvalue weighted by atomic mass is 32.2. The van der Waals surface area contributed by atoms with Gasteiger partial charge in [-0.25, -0.2) is 4.98 Å². The fourth-order valence-corrected chi connectivity index (χ4v) is 4.52. The van der Waals surface area contributed by atoms with E-state index in [9.17, 15) is 18.0 Å². The van der Waals surface area contributed by atoms with E-state index in [2.05, 4.69) is 20.5 Å². The molecule has 0 fully saturated rings. The van der Waals surface area contributed by atoms with Gasteiger partial charge >= 0.3 is 6.18 Å². The van der Waals surface area contributed by atoms with Crippen LogP contribution in [0.3, 0.4) is 0 Å². The summed E-state index contributed by atoms with van der Waals surface area (Å²) < 4.78 is 41.6. The van der Waals surface area contributed by atoms with Crippen LogP contribution in [0, 0.1) is 0 Å². The van der Waals surface area contributed by atoms with Gasteiger partial charge < -0.3 is 4.57 Å². The van der Waals surface area contributed by atoms with E-state index in [4.69, 9.17) is 0 Å². The van der Waals surface area contributed by atoms with Crippen LogP contribution in [0.4, 0.5) is 18.3 Å². The van der Waals surface area contributed by atoms with E-state index in [-0.39, 0.29) is 16.2 Å². The summed E-state index contributed by atoms with van der Waals surface area (Å²) in [4.78, 5) is 16.0. The molecule has 0 saturated heterocycles. The highest BCUT2D eigenvalue weighted by Gasteiger charge is 2.38. The number of halogens is 3. The lowest BCUT2D eigenvalue weighted by Crippen LogP contribution is -2.23. The van der Waals surface area contributed by atoms with Crippen LogP contribution in [0.25, 0.3) is 11.0 Å². The highest BCUT2D eigenvalue weighted by molar-refractivity contribution is 8.00. The van der Waals surface area contributed by atoms with Crippen LogP contribution in [0.5, 0.6) is 0 Å². The Morgan fingerprint density at radius 1 is 1.07 bits per heavy atom. The molecule has 0 spiro atoms. The number of benzene rings is 2. The molecule has 0 bridgehead atoms. The lowest BCUT2D eigenvalue weighted by molar-refractivity contribution is -0.147. The minimum absolute atomic E-state index is 0.174. The van der Waals surface area contributed by atoms with Crippen LogP contribution in [0.15, 0.2) is 58.9 Å². The second-order valence-corrected chi connectivity index (χ2v) is 8.40. The summed E-state index contributed by atoms with van der Waals surface area (Å²) in [5.41, 5.74) is 1.53. The Hall–Kier alpha value is -2.92. The first-order chi connectivity index (χ1) is 14.4. The Balaban J connectivity index is 1.45. The van der Waals surface area contributed by atoms with E-state index in [1.54, 1.807) is 12.1 Å². The number of aromatic nitrogens is 4. The third kappa shape index (κ3) is 4.62. The molecule has 2 heterocycles. The van der Waals surface area contributed by atoms with Crippen molar-refractivity contribution in [1.82, 2.24) is 19.7 Å². The van der Waals surface area contributed by atoms with E-state index in [0.717, 1.165) is 10.1 Å². The smallest absolute Gasteiger partial charge is 0.311 e. The number of rotatable bonds is 6. The maximum Gasteiger partial charge on any atom is 0.449 e. The first-order valence-electron chi connectivity index (χ1n) is 8.73. The minimum Gasteiger partial charge on any atom is -0.311 e. The molecule has 11 heteroatoms. The standard InChI is InChI=1S/C19H14F3N5OS2/c20-19(21,22)16-23-13-8-4-5-9-14(13)27(16)10-15(28)24-17-25-26-18(30-17)29-11-12-6-2-1-3-7-12/h1-9H,10-11H2,(H,24,25,28). The van der Waals surface area contributed by atoms with Gasteiger partial charge in [-0.1, -0.05) is 65.6 Å². The predicted molar refractivity (Wildman–Crippen MR) is 109 cm³/mol. The number of alkyl halides is 3. The second kappa shape index (κ2) is 8.44. The van der Waals surface area contributed by atoms with Crippen molar-refractivity contribution >= 4 is 45.2 Å². The fraction of sp³-hybridized carbons (Fsp3) is 0.158. The lowest BCUT2D eigenvalue weighted by Gasteiger charge is -2.10. The number of hydrogen-bond donors (Lipinski definition) is 1. The number of fused-ring (bicyclic) bond motifs is 1. The molecule has 4 rings (SSSR count). The van der Waals surface area contributed by atoms with Crippen LogP contribution in [0.2, 0.25) is 0 Å². The van der Waals surface area contributed by atoms with E-state index in [1.807, 2.05) is 30.3 Å².